The van der Waals surface area contributed by atoms with Crippen LogP contribution >= 0.6 is 27.3 Å². The van der Waals surface area contributed by atoms with Gasteiger partial charge in [-0.15, -0.1) is 11.3 Å². The summed E-state index contributed by atoms with van der Waals surface area (Å²) in [5.74, 6) is -1.57. The maximum atomic E-state index is 13.5. The second-order valence-corrected chi connectivity index (χ2v) is 5.59. The van der Waals surface area contributed by atoms with Crippen molar-refractivity contribution in [1.29, 1.82) is 0 Å². The Hall–Kier alpha value is -1.80. The maximum absolute atomic E-state index is 13.5. The topological polar surface area (TPSA) is 64.9 Å². The summed E-state index contributed by atoms with van der Waals surface area (Å²) in [6, 6.07) is 4.12. The Morgan fingerprint density at radius 2 is 2.00 bits per heavy atom. The summed E-state index contributed by atoms with van der Waals surface area (Å²) >= 11 is 4.32. The average molecular weight is 358 g/mol. The zero-order chi connectivity index (χ0) is 14.3. The van der Waals surface area contributed by atoms with E-state index < -0.39 is 11.6 Å². The number of rotatable bonds is 2. The highest BCUT2D eigenvalue weighted by Gasteiger charge is 2.18. The first kappa shape index (κ1) is 13.2. The van der Waals surface area contributed by atoms with E-state index in [1.807, 2.05) is 0 Å². The molecule has 2 aromatic heterocycles. The second kappa shape index (κ2) is 4.95. The highest BCUT2D eigenvalue weighted by molar-refractivity contribution is 9.10. The van der Waals surface area contributed by atoms with Crippen LogP contribution in [-0.4, -0.2) is 10.1 Å². The molecule has 0 aliphatic heterocycles. The number of benzene rings is 1. The van der Waals surface area contributed by atoms with Gasteiger partial charge in [0.1, 0.15) is 0 Å². The van der Waals surface area contributed by atoms with E-state index >= 15 is 0 Å². The molecule has 0 aliphatic rings. The standard InChI is InChI=1S/C12H6BrF2N3OS/c13-8-5(1-2-7(14)9(8)15)11-17-12(19-18-11)6-3-4-20-10(6)16/h1-4H,16H2. The molecule has 8 heteroatoms. The second-order valence-electron chi connectivity index (χ2n) is 3.84. The molecule has 0 fully saturated rings. The van der Waals surface area contributed by atoms with Crippen molar-refractivity contribution in [3.63, 3.8) is 0 Å². The summed E-state index contributed by atoms with van der Waals surface area (Å²) in [6.07, 6.45) is 0. The van der Waals surface area contributed by atoms with Crippen molar-refractivity contribution in [3.05, 3.63) is 39.7 Å². The first-order valence-electron chi connectivity index (χ1n) is 5.39. The van der Waals surface area contributed by atoms with Crippen molar-refractivity contribution >= 4 is 32.3 Å². The monoisotopic (exact) mass is 357 g/mol. The average Bonchev–Trinajstić information content (AvgIpc) is 3.05. The van der Waals surface area contributed by atoms with Gasteiger partial charge in [-0.1, -0.05) is 5.16 Å². The molecule has 0 saturated carbocycles. The number of thiophene rings is 1. The lowest BCUT2D eigenvalue weighted by Crippen LogP contribution is -1.90. The first-order chi connectivity index (χ1) is 9.58. The quantitative estimate of drug-likeness (QED) is 0.701. The lowest BCUT2D eigenvalue weighted by molar-refractivity contribution is 0.432. The largest absolute Gasteiger partial charge is 0.390 e. The molecule has 0 aliphatic carbocycles. The number of hydrogen-bond donors (Lipinski definition) is 1. The summed E-state index contributed by atoms with van der Waals surface area (Å²) in [5, 5.41) is 6.10. The normalized spacial score (nSPS) is 10.9. The molecule has 2 heterocycles. The van der Waals surface area contributed by atoms with Crippen molar-refractivity contribution in [2.24, 2.45) is 0 Å². The summed E-state index contributed by atoms with van der Waals surface area (Å²) < 4.78 is 31.6. The number of nitrogens with two attached hydrogens (primary N) is 1. The first-order valence-corrected chi connectivity index (χ1v) is 7.06. The molecule has 3 aromatic rings. The molecule has 4 nitrogen and oxygen atoms in total. The number of halogens is 3. The van der Waals surface area contributed by atoms with Crippen LogP contribution in [0.1, 0.15) is 0 Å². The van der Waals surface area contributed by atoms with Gasteiger partial charge in [-0.3, -0.25) is 0 Å². The number of nitrogens with zero attached hydrogens (tertiary/aromatic N) is 2. The fourth-order valence-corrected chi connectivity index (χ4v) is 2.77. The molecule has 20 heavy (non-hydrogen) atoms. The van der Waals surface area contributed by atoms with Gasteiger partial charge in [0, 0.05) is 5.56 Å². The molecule has 0 spiro atoms. The van der Waals surface area contributed by atoms with Crippen LogP contribution in [0.5, 0.6) is 0 Å². The predicted molar refractivity (Wildman–Crippen MR) is 75.1 cm³/mol. The van der Waals surface area contributed by atoms with Crippen LogP contribution < -0.4 is 5.73 Å². The van der Waals surface area contributed by atoms with Gasteiger partial charge in [0.15, 0.2) is 11.6 Å². The molecule has 0 bridgehead atoms. The van der Waals surface area contributed by atoms with Gasteiger partial charge >= 0.3 is 0 Å². The van der Waals surface area contributed by atoms with E-state index in [1.165, 1.54) is 17.4 Å². The molecule has 0 saturated heterocycles. The number of nitrogen functional groups attached to an aromatic ring is 1. The van der Waals surface area contributed by atoms with E-state index in [0.29, 0.717) is 16.1 Å². The molecular formula is C12H6BrF2N3OS. The van der Waals surface area contributed by atoms with Gasteiger partial charge in [0.05, 0.1) is 15.0 Å². The molecule has 1 aromatic carbocycles. The molecular weight excluding hydrogens is 352 g/mol. The molecule has 0 unspecified atom stereocenters. The Kier molecular flexibility index (Phi) is 3.27. The van der Waals surface area contributed by atoms with E-state index in [-0.39, 0.29) is 16.2 Å². The van der Waals surface area contributed by atoms with Gasteiger partial charge in [0.25, 0.3) is 5.89 Å². The van der Waals surface area contributed by atoms with Gasteiger partial charge < -0.3 is 10.3 Å². The van der Waals surface area contributed by atoms with Crippen LogP contribution in [-0.2, 0) is 0 Å². The van der Waals surface area contributed by atoms with Crippen LogP contribution in [0.3, 0.4) is 0 Å². The third kappa shape index (κ3) is 2.10. The fraction of sp³-hybridized carbons (Fsp3) is 0. The third-order valence-corrected chi connectivity index (χ3v) is 4.15. The Balaban J connectivity index is 2.07. The smallest absolute Gasteiger partial charge is 0.261 e. The molecule has 2 N–H and O–H groups in total. The fourth-order valence-electron chi connectivity index (χ4n) is 1.64. The van der Waals surface area contributed by atoms with Gasteiger partial charge in [-0.25, -0.2) is 8.78 Å². The van der Waals surface area contributed by atoms with Crippen molar-refractivity contribution in [1.82, 2.24) is 10.1 Å². The van der Waals surface area contributed by atoms with Crippen LogP contribution in [0.2, 0.25) is 0 Å². The van der Waals surface area contributed by atoms with E-state index in [2.05, 4.69) is 26.1 Å². The zero-order valence-corrected chi connectivity index (χ0v) is 12.1. The van der Waals surface area contributed by atoms with Crippen molar-refractivity contribution < 1.29 is 13.3 Å². The SMILES string of the molecule is Nc1sccc1-c1nc(-c2ccc(F)c(F)c2Br)no1. The van der Waals surface area contributed by atoms with E-state index in [4.69, 9.17) is 10.3 Å². The molecule has 3 rings (SSSR count). The minimum Gasteiger partial charge on any atom is -0.390 e. The van der Waals surface area contributed by atoms with Crippen molar-refractivity contribution in [3.8, 4) is 22.8 Å². The Morgan fingerprint density at radius 1 is 1.20 bits per heavy atom. The van der Waals surface area contributed by atoms with E-state index in [9.17, 15) is 8.78 Å². The minimum atomic E-state index is -0.996. The van der Waals surface area contributed by atoms with Gasteiger partial charge in [-0.2, -0.15) is 4.98 Å². The summed E-state index contributed by atoms with van der Waals surface area (Å²) in [5.41, 5.74) is 6.68. The Bertz CT molecular complexity index is 787. The van der Waals surface area contributed by atoms with Gasteiger partial charge in [-0.05, 0) is 39.5 Å². The summed E-state index contributed by atoms with van der Waals surface area (Å²) in [6.45, 7) is 0. The number of aromatic nitrogens is 2. The molecule has 0 radical (unpaired) electrons. The molecule has 0 amide bonds. The zero-order valence-electron chi connectivity index (χ0n) is 9.73. The van der Waals surface area contributed by atoms with E-state index in [0.717, 1.165) is 6.07 Å². The Labute approximate surface area is 124 Å². The van der Waals surface area contributed by atoms with Crippen LogP contribution in [0.15, 0.2) is 32.6 Å². The Morgan fingerprint density at radius 3 is 2.70 bits per heavy atom. The van der Waals surface area contributed by atoms with Crippen LogP contribution in [0.25, 0.3) is 22.8 Å². The number of anilines is 1. The lowest BCUT2D eigenvalue weighted by Gasteiger charge is -2.00. The van der Waals surface area contributed by atoms with E-state index in [1.54, 1.807) is 11.4 Å². The predicted octanol–water partition coefficient (Wildman–Crippen LogP) is 4.09. The van der Waals surface area contributed by atoms with Crippen LogP contribution in [0.4, 0.5) is 13.8 Å². The highest BCUT2D eigenvalue weighted by Crippen LogP contribution is 2.33. The third-order valence-electron chi connectivity index (χ3n) is 2.63. The highest BCUT2D eigenvalue weighted by atomic mass is 79.9. The maximum Gasteiger partial charge on any atom is 0.261 e. The van der Waals surface area contributed by atoms with Crippen LogP contribution in [0, 0.1) is 11.6 Å². The lowest BCUT2D eigenvalue weighted by atomic mass is 10.2. The van der Waals surface area contributed by atoms with Crippen molar-refractivity contribution in [2.75, 3.05) is 5.73 Å². The van der Waals surface area contributed by atoms with Gasteiger partial charge in [0.2, 0.25) is 5.82 Å². The number of hydrogen-bond acceptors (Lipinski definition) is 5. The molecule has 0 atom stereocenters. The van der Waals surface area contributed by atoms with Crippen molar-refractivity contribution in [2.45, 2.75) is 0 Å². The summed E-state index contributed by atoms with van der Waals surface area (Å²) in [7, 11) is 0. The molecule has 102 valence electrons. The summed E-state index contributed by atoms with van der Waals surface area (Å²) in [4.78, 5) is 4.15. The minimum absolute atomic E-state index is 0.0526.